The largest absolute Gasteiger partial charge is 0.479 e. The molecule has 0 saturated carbocycles. The number of amides is 2. The Morgan fingerprint density at radius 2 is 1.94 bits per heavy atom. The molecule has 17 heavy (non-hydrogen) atoms. The number of aliphatic carboxylic acids is 1. The van der Waals surface area contributed by atoms with E-state index in [1.54, 1.807) is 0 Å². The van der Waals surface area contributed by atoms with Gasteiger partial charge in [-0.25, -0.2) is 4.79 Å². The summed E-state index contributed by atoms with van der Waals surface area (Å²) in [5.41, 5.74) is -1.50. The van der Waals surface area contributed by atoms with E-state index in [1.807, 2.05) is 0 Å². The van der Waals surface area contributed by atoms with Crippen molar-refractivity contribution in [3.8, 4) is 0 Å². The third-order valence-corrected chi connectivity index (χ3v) is 2.24. The summed E-state index contributed by atoms with van der Waals surface area (Å²) in [6.07, 6.45) is 0. The van der Waals surface area contributed by atoms with Crippen molar-refractivity contribution >= 4 is 17.8 Å². The molecule has 2 amide bonds. The number of nitrogens with zero attached hydrogens (tertiary/aromatic N) is 1. The third-order valence-electron chi connectivity index (χ3n) is 2.24. The summed E-state index contributed by atoms with van der Waals surface area (Å²) < 4.78 is 4.75. The number of nitrogens with one attached hydrogen (secondary N) is 1. The highest BCUT2D eigenvalue weighted by atomic mass is 16.5. The van der Waals surface area contributed by atoms with E-state index in [0.717, 1.165) is 0 Å². The summed E-state index contributed by atoms with van der Waals surface area (Å²) in [6, 6.07) is 0. The minimum Gasteiger partial charge on any atom is -0.479 e. The van der Waals surface area contributed by atoms with Crippen LogP contribution in [0.25, 0.3) is 0 Å². The van der Waals surface area contributed by atoms with Crippen molar-refractivity contribution in [1.82, 2.24) is 10.2 Å². The van der Waals surface area contributed by atoms with Gasteiger partial charge in [-0.3, -0.25) is 9.59 Å². The zero-order chi connectivity index (χ0) is 13.6. The van der Waals surface area contributed by atoms with E-state index in [-0.39, 0.29) is 19.1 Å². The number of hydrogen-bond donors (Lipinski definition) is 2. The SMILES string of the molecule is COCC(C)(NC(=O)CN(C)C(C)=O)C(=O)O. The average Bonchev–Trinajstić information content (AvgIpc) is 2.16. The maximum atomic E-state index is 11.5. The van der Waals surface area contributed by atoms with Crippen molar-refractivity contribution in [3.05, 3.63) is 0 Å². The van der Waals surface area contributed by atoms with E-state index >= 15 is 0 Å². The third kappa shape index (κ3) is 4.81. The van der Waals surface area contributed by atoms with Gasteiger partial charge >= 0.3 is 5.97 Å². The number of ether oxygens (including phenoxy) is 1. The molecule has 0 fully saturated rings. The maximum absolute atomic E-state index is 11.5. The second kappa shape index (κ2) is 6.19. The number of methoxy groups -OCH3 is 1. The number of carbonyl (C=O) groups is 3. The van der Waals surface area contributed by atoms with Crippen LogP contribution in [-0.2, 0) is 19.1 Å². The molecule has 1 unspecified atom stereocenters. The predicted molar refractivity (Wildman–Crippen MR) is 59.4 cm³/mol. The van der Waals surface area contributed by atoms with Gasteiger partial charge in [0.25, 0.3) is 0 Å². The fourth-order valence-electron chi connectivity index (χ4n) is 1.11. The van der Waals surface area contributed by atoms with Crippen LogP contribution in [0.5, 0.6) is 0 Å². The molecule has 0 aromatic heterocycles. The second-order valence-electron chi connectivity index (χ2n) is 3.99. The maximum Gasteiger partial charge on any atom is 0.331 e. The summed E-state index contributed by atoms with van der Waals surface area (Å²) in [7, 11) is 2.80. The standard InChI is InChI=1S/C10H18N2O5/c1-7(13)12(3)5-8(14)11-10(2,6-17-4)9(15)16/h5-6H2,1-4H3,(H,11,14)(H,15,16). The summed E-state index contributed by atoms with van der Waals surface area (Å²) in [5, 5.41) is 11.3. The molecule has 7 heteroatoms. The lowest BCUT2D eigenvalue weighted by Crippen LogP contribution is -2.57. The van der Waals surface area contributed by atoms with Crippen LogP contribution in [0, 0.1) is 0 Å². The number of rotatable bonds is 6. The molecule has 0 aromatic carbocycles. The Balaban J connectivity index is 4.52. The average molecular weight is 246 g/mol. The van der Waals surface area contributed by atoms with Gasteiger partial charge in [0.05, 0.1) is 13.2 Å². The van der Waals surface area contributed by atoms with Gasteiger partial charge in [0.1, 0.15) is 0 Å². The number of carboxylic acid groups (broad SMARTS) is 1. The fourth-order valence-corrected chi connectivity index (χ4v) is 1.11. The summed E-state index contributed by atoms with van der Waals surface area (Å²) in [5.74, 6) is -2.02. The van der Waals surface area contributed by atoms with Gasteiger partial charge in [-0.2, -0.15) is 0 Å². The molecule has 0 heterocycles. The summed E-state index contributed by atoms with van der Waals surface area (Å²) in [6.45, 7) is 2.31. The van der Waals surface area contributed by atoms with Crippen LogP contribution in [0.1, 0.15) is 13.8 Å². The Morgan fingerprint density at radius 3 is 2.29 bits per heavy atom. The van der Waals surface area contributed by atoms with Gasteiger partial charge < -0.3 is 20.1 Å². The molecule has 1 atom stereocenters. The molecule has 2 N–H and O–H groups in total. The van der Waals surface area contributed by atoms with Gasteiger partial charge in [0.15, 0.2) is 5.54 Å². The smallest absolute Gasteiger partial charge is 0.331 e. The first-order valence-electron chi connectivity index (χ1n) is 4.98. The molecule has 0 rings (SSSR count). The van der Waals surface area contributed by atoms with Crippen LogP contribution in [0.4, 0.5) is 0 Å². The molecule has 0 aromatic rings. The van der Waals surface area contributed by atoms with Crippen LogP contribution in [0.2, 0.25) is 0 Å². The van der Waals surface area contributed by atoms with Crippen LogP contribution < -0.4 is 5.32 Å². The van der Waals surface area contributed by atoms with E-state index in [1.165, 1.54) is 32.9 Å². The Hall–Kier alpha value is -1.63. The monoisotopic (exact) mass is 246 g/mol. The molecular weight excluding hydrogens is 228 g/mol. The van der Waals surface area contributed by atoms with Crippen LogP contribution in [0.3, 0.4) is 0 Å². The molecular formula is C10H18N2O5. The Morgan fingerprint density at radius 1 is 1.41 bits per heavy atom. The molecule has 0 saturated heterocycles. The molecule has 0 aliphatic rings. The lowest BCUT2D eigenvalue weighted by Gasteiger charge is -2.26. The first-order chi connectivity index (χ1) is 7.73. The number of hydrogen-bond acceptors (Lipinski definition) is 4. The summed E-state index contributed by atoms with van der Waals surface area (Å²) in [4.78, 5) is 34.6. The van der Waals surface area contributed by atoms with Crippen molar-refractivity contribution in [2.45, 2.75) is 19.4 Å². The van der Waals surface area contributed by atoms with Gasteiger partial charge in [0, 0.05) is 21.1 Å². The van der Waals surface area contributed by atoms with Crippen molar-refractivity contribution < 1.29 is 24.2 Å². The fraction of sp³-hybridized carbons (Fsp3) is 0.700. The zero-order valence-electron chi connectivity index (χ0n) is 10.4. The van der Waals surface area contributed by atoms with Crippen molar-refractivity contribution in [2.75, 3.05) is 27.3 Å². The highest BCUT2D eigenvalue weighted by molar-refractivity contribution is 5.89. The lowest BCUT2D eigenvalue weighted by molar-refractivity contribution is -0.149. The lowest BCUT2D eigenvalue weighted by atomic mass is 10.0. The Labute approximate surface area is 99.7 Å². The van der Waals surface area contributed by atoms with E-state index in [9.17, 15) is 14.4 Å². The topological polar surface area (TPSA) is 95.9 Å². The minimum atomic E-state index is -1.50. The Bertz CT molecular complexity index is 318. The predicted octanol–water partition coefficient (Wildman–Crippen LogP) is -0.929. The van der Waals surface area contributed by atoms with E-state index in [2.05, 4.69) is 5.32 Å². The van der Waals surface area contributed by atoms with Gasteiger partial charge in [-0.15, -0.1) is 0 Å². The van der Waals surface area contributed by atoms with E-state index in [0.29, 0.717) is 0 Å². The molecule has 98 valence electrons. The molecule has 7 nitrogen and oxygen atoms in total. The van der Waals surface area contributed by atoms with E-state index in [4.69, 9.17) is 9.84 Å². The Kier molecular flexibility index (Phi) is 5.60. The molecule has 0 bridgehead atoms. The molecule has 0 aliphatic carbocycles. The first-order valence-corrected chi connectivity index (χ1v) is 4.98. The highest BCUT2D eigenvalue weighted by Crippen LogP contribution is 2.04. The summed E-state index contributed by atoms with van der Waals surface area (Å²) >= 11 is 0. The minimum absolute atomic E-state index is 0.155. The van der Waals surface area contributed by atoms with Crippen LogP contribution >= 0.6 is 0 Å². The molecule has 0 aliphatic heterocycles. The van der Waals surface area contributed by atoms with Gasteiger partial charge in [0.2, 0.25) is 11.8 Å². The second-order valence-corrected chi connectivity index (χ2v) is 3.99. The number of likely N-dealkylation sites (N-methyl/N-ethyl adjacent to an activating group) is 1. The van der Waals surface area contributed by atoms with Gasteiger partial charge in [-0.05, 0) is 6.92 Å². The van der Waals surface area contributed by atoms with Crippen LogP contribution in [-0.4, -0.2) is 60.6 Å². The van der Waals surface area contributed by atoms with Crippen molar-refractivity contribution in [2.24, 2.45) is 0 Å². The number of carbonyl (C=O) groups excluding carboxylic acids is 2. The molecule has 0 spiro atoms. The normalized spacial score (nSPS) is 13.6. The molecule has 0 radical (unpaired) electrons. The van der Waals surface area contributed by atoms with Crippen molar-refractivity contribution in [1.29, 1.82) is 0 Å². The first kappa shape index (κ1) is 15.4. The zero-order valence-corrected chi connectivity index (χ0v) is 10.4. The van der Waals surface area contributed by atoms with Gasteiger partial charge in [-0.1, -0.05) is 0 Å². The highest BCUT2D eigenvalue weighted by Gasteiger charge is 2.35. The van der Waals surface area contributed by atoms with Crippen LogP contribution in [0.15, 0.2) is 0 Å². The quantitative estimate of drug-likeness (QED) is 0.631. The number of carboxylic acids is 1. The van der Waals surface area contributed by atoms with E-state index < -0.39 is 17.4 Å². The van der Waals surface area contributed by atoms with Crippen molar-refractivity contribution in [3.63, 3.8) is 0 Å².